The van der Waals surface area contributed by atoms with Gasteiger partial charge in [-0.15, -0.1) is 0 Å². The van der Waals surface area contributed by atoms with E-state index in [1.807, 2.05) is 0 Å². The average molecular weight is 244 g/mol. The van der Waals surface area contributed by atoms with Crippen LogP contribution in [0.25, 0.3) is 0 Å². The summed E-state index contributed by atoms with van der Waals surface area (Å²) in [4.78, 5) is 21.6. The van der Waals surface area contributed by atoms with Gasteiger partial charge in [0.05, 0.1) is 6.61 Å². The first-order valence-electron chi connectivity index (χ1n) is 4.83. The summed E-state index contributed by atoms with van der Waals surface area (Å²) in [6, 6.07) is 2.27. The van der Waals surface area contributed by atoms with Gasteiger partial charge in [0.25, 0.3) is 0 Å². The van der Waals surface area contributed by atoms with Crippen LogP contribution in [0.15, 0.2) is 16.5 Å². The third-order valence-corrected chi connectivity index (χ3v) is 1.96. The van der Waals surface area contributed by atoms with E-state index in [0.717, 1.165) is 12.1 Å². The summed E-state index contributed by atoms with van der Waals surface area (Å²) in [7, 11) is 0. The highest BCUT2D eigenvalue weighted by Gasteiger charge is 2.29. The van der Waals surface area contributed by atoms with Gasteiger partial charge in [0.15, 0.2) is 6.10 Å². The minimum atomic E-state index is -1.82. The molecule has 0 bridgehead atoms. The number of rotatable bonds is 5. The largest absolute Gasteiger partial charge is 0.475 e. The molecule has 1 aromatic heterocycles. The van der Waals surface area contributed by atoms with Gasteiger partial charge in [-0.05, 0) is 19.1 Å². The van der Waals surface area contributed by atoms with Crippen molar-refractivity contribution in [2.75, 3.05) is 6.61 Å². The molecule has 1 aromatic rings. The molecule has 0 aliphatic rings. The van der Waals surface area contributed by atoms with Gasteiger partial charge in [-0.25, -0.2) is 9.59 Å². The summed E-state index contributed by atoms with van der Waals surface area (Å²) in [6.07, 6.45) is -3.48. The molecule has 0 fully saturated rings. The molecule has 2 atom stereocenters. The number of hydrogen-bond donors (Lipinski definition) is 3. The highest BCUT2D eigenvalue weighted by molar-refractivity contribution is 5.84. The zero-order chi connectivity index (χ0) is 13.0. The molecular formula is C10H12O7. The van der Waals surface area contributed by atoms with Gasteiger partial charge >= 0.3 is 11.9 Å². The van der Waals surface area contributed by atoms with Crippen molar-refractivity contribution >= 4 is 11.9 Å². The van der Waals surface area contributed by atoms with Crippen molar-refractivity contribution in [1.82, 2.24) is 0 Å². The van der Waals surface area contributed by atoms with Gasteiger partial charge in [-0.1, -0.05) is 0 Å². The van der Waals surface area contributed by atoms with Crippen molar-refractivity contribution in [2.45, 2.75) is 19.1 Å². The lowest BCUT2D eigenvalue weighted by Gasteiger charge is -2.13. The number of hydrogen-bond acceptors (Lipinski definition) is 6. The number of ether oxygens (including phenoxy) is 1. The van der Waals surface area contributed by atoms with Crippen molar-refractivity contribution in [3.05, 3.63) is 23.7 Å². The highest BCUT2D eigenvalue weighted by Crippen LogP contribution is 2.20. The molecule has 94 valence electrons. The number of carboxylic acids is 1. The van der Waals surface area contributed by atoms with Crippen molar-refractivity contribution in [2.24, 2.45) is 0 Å². The van der Waals surface area contributed by atoms with E-state index < -0.39 is 29.9 Å². The molecule has 0 aromatic carbocycles. The third-order valence-electron chi connectivity index (χ3n) is 1.96. The highest BCUT2D eigenvalue weighted by atomic mass is 16.5. The number of carbonyl (C=O) groups is 2. The maximum absolute atomic E-state index is 11.1. The van der Waals surface area contributed by atoms with Crippen molar-refractivity contribution in [1.29, 1.82) is 0 Å². The maximum Gasteiger partial charge on any atom is 0.371 e. The average Bonchev–Trinajstić information content (AvgIpc) is 2.76. The number of carboxylic acid groups (broad SMARTS) is 1. The van der Waals surface area contributed by atoms with E-state index in [1.165, 1.54) is 0 Å². The Morgan fingerprint density at radius 1 is 1.41 bits per heavy atom. The number of esters is 1. The van der Waals surface area contributed by atoms with E-state index in [9.17, 15) is 19.8 Å². The molecule has 7 nitrogen and oxygen atoms in total. The van der Waals surface area contributed by atoms with E-state index in [1.54, 1.807) is 6.92 Å². The normalized spacial score (nSPS) is 14.1. The summed E-state index contributed by atoms with van der Waals surface area (Å²) < 4.78 is 9.23. The molecular weight excluding hydrogens is 232 g/mol. The molecule has 1 rings (SSSR count). The Kier molecular flexibility index (Phi) is 4.24. The van der Waals surface area contributed by atoms with Gasteiger partial charge < -0.3 is 24.5 Å². The summed E-state index contributed by atoms with van der Waals surface area (Å²) in [6.45, 7) is 1.60. The Morgan fingerprint density at radius 2 is 2.06 bits per heavy atom. The Morgan fingerprint density at radius 3 is 2.53 bits per heavy atom. The number of aromatic carboxylic acids is 1. The predicted octanol–water partition coefficient (Wildman–Crippen LogP) is -0.0648. The van der Waals surface area contributed by atoms with Crippen LogP contribution in [-0.4, -0.2) is 40.0 Å². The van der Waals surface area contributed by atoms with Crippen LogP contribution < -0.4 is 0 Å². The lowest BCUT2D eigenvalue weighted by atomic mass is 10.1. The van der Waals surface area contributed by atoms with E-state index in [4.69, 9.17) is 9.52 Å². The zero-order valence-electron chi connectivity index (χ0n) is 8.99. The fourth-order valence-corrected chi connectivity index (χ4v) is 1.14. The first-order chi connectivity index (χ1) is 7.97. The molecule has 0 spiro atoms. The van der Waals surface area contributed by atoms with Crippen LogP contribution in [0.1, 0.15) is 29.3 Å². The van der Waals surface area contributed by atoms with Gasteiger partial charge in [-0.2, -0.15) is 0 Å². The Hall–Kier alpha value is -1.86. The summed E-state index contributed by atoms with van der Waals surface area (Å²) >= 11 is 0. The minimum absolute atomic E-state index is 0.0567. The van der Waals surface area contributed by atoms with Crippen LogP contribution in [0.2, 0.25) is 0 Å². The second kappa shape index (κ2) is 5.46. The van der Waals surface area contributed by atoms with Crippen molar-refractivity contribution in [3.8, 4) is 0 Å². The first-order valence-corrected chi connectivity index (χ1v) is 4.83. The first kappa shape index (κ1) is 13.2. The van der Waals surface area contributed by atoms with E-state index in [0.29, 0.717) is 0 Å². The number of aliphatic hydroxyl groups excluding tert-OH is 2. The summed E-state index contributed by atoms with van der Waals surface area (Å²) in [5.74, 6) is -2.93. The Balaban J connectivity index is 2.77. The van der Waals surface area contributed by atoms with Crippen molar-refractivity contribution < 1.29 is 34.1 Å². The predicted molar refractivity (Wildman–Crippen MR) is 53.3 cm³/mol. The lowest BCUT2D eigenvalue weighted by molar-refractivity contribution is -0.160. The van der Waals surface area contributed by atoms with Gasteiger partial charge in [0.1, 0.15) is 11.9 Å². The molecule has 0 saturated carbocycles. The molecule has 0 aliphatic carbocycles. The second-order valence-electron chi connectivity index (χ2n) is 3.15. The van der Waals surface area contributed by atoms with Crippen molar-refractivity contribution in [3.63, 3.8) is 0 Å². The monoisotopic (exact) mass is 244 g/mol. The number of carbonyl (C=O) groups excluding carboxylic acids is 1. The van der Waals surface area contributed by atoms with Crippen LogP contribution >= 0.6 is 0 Å². The van der Waals surface area contributed by atoms with Gasteiger partial charge in [0, 0.05) is 0 Å². The molecule has 2 unspecified atom stereocenters. The molecule has 7 heteroatoms. The Bertz CT molecular complexity index is 409. The van der Waals surface area contributed by atoms with Gasteiger partial charge in [0.2, 0.25) is 5.76 Å². The smallest absolute Gasteiger partial charge is 0.371 e. The topological polar surface area (TPSA) is 117 Å². The second-order valence-corrected chi connectivity index (χ2v) is 3.15. The van der Waals surface area contributed by atoms with E-state index in [-0.39, 0.29) is 12.4 Å². The quantitative estimate of drug-likeness (QED) is 0.621. The molecule has 17 heavy (non-hydrogen) atoms. The van der Waals surface area contributed by atoms with Crippen LogP contribution in [0, 0.1) is 0 Å². The molecule has 0 aliphatic heterocycles. The van der Waals surface area contributed by atoms with E-state index >= 15 is 0 Å². The van der Waals surface area contributed by atoms with Crippen LogP contribution in [0.5, 0.6) is 0 Å². The van der Waals surface area contributed by atoms with Crippen LogP contribution in [0.4, 0.5) is 0 Å². The SMILES string of the molecule is CCOC(=O)C(O)C(O)c1ccc(C(=O)O)o1. The van der Waals surface area contributed by atoms with E-state index in [2.05, 4.69) is 4.74 Å². The van der Waals surface area contributed by atoms with Crippen LogP contribution in [-0.2, 0) is 9.53 Å². The molecule has 1 heterocycles. The minimum Gasteiger partial charge on any atom is -0.475 e. The lowest BCUT2D eigenvalue weighted by Crippen LogP contribution is -2.29. The fourth-order valence-electron chi connectivity index (χ4n) is 1.14. The third kappa shape index (κ3) is 3.05. The summed E-state index contributed by atoms with van der Waals surface area (Å²) in [5.41, 5.74) is 0. The number of furan rings is 1. The number of aliphatic hydroxyl groups is 2. The zero-order valence-corrected chi connectivity index (χ0v) is 8.99. The maximum atomic E-state index is 11.1. The standard InChI is InChI=1S/C10H12O7/c1-2-16-10(15)8(12)7(11)5-3-4-6(17-5)9(13)14/h3-4,7-8,11-12H,2H2,1H3,(H,13,14). The molecule has 0 saturated heterocycles. The molecule has 3 N–H and O–H groups in total. The fraction of sp³-hybridized carbons (Fsp3) is 0.400. The van der Waals surface area contributed by atoms with Gasteiger partial charge in [-0.3, -0.25) is 0 Å². The Labute approximate surface area is 96.2 Å². The molecule has 0 radical (unpaired) electrons. The molecule has 0 amide bonds. The summed E-state index contributed by atoms with van der Waals surface area (Å²) in [5, 5.41) is 27.5. The van der Waals surface area contributed by atoms with Crippen LogP contribution in [0.3, 0.4) is 0 Å².